The molecule has 0 N–H and O–H groups in total. The molecule has 0 atom stereocenters. The number of anilines is 1. The second-order valence-corrected chi connectivity index (χ2v) is 4.86. The number of rotatable bonds is 1. The molecule has 1 aromatic rings. The standard InChI is InChI=1S/C11H14BrN/c1-8-6-13(7-8)11-4-3-10(12)5-9(11)2/h3-5,8H,6-7H2,1-2H3. The Kier molecular flexibility index (Phi) is 2.33. The summed E-state index contributed by atoms with van der Waals surface area (Å²) >= 11 is 3.48. The molecule has 0 radical (unpaired) electrons. The van der Waals surface area contributed by atoms with E-state index in [1.165, 1.54) is 28.8 Å². The first-order valence-corrected chi connectivity index (χ1v) is 5.47. The third kappa shape index (κ3) is 1.73. The summed E-state index contributed by atoms with van der Waals surface area (Å²) in [7, 11) is 0. The van der Waals surface area contributed by atoms with Crippen molar-refractivity contribution in [2.75, 3.05) is 18.0 Å². The van der Waals surface area contributed by atoms with Gasteiger partial charge in [0, 0.05) is 23.2 Å². The lowest BCUT2D eigenvalue weighted by Crippen LogP contribution is -2.45. The summed E-state index contributed by atoms with van der Waals surface area (Å²) in [6, 6.07) is 6.49. The summed E-state index contributed by atoms with van der Waals surface area (Å²) in [5.74, 6) is 0.864. The average molecular weight is 240 g/mol. The summed E-state index contributed by atoms with van der Waals surface area (Å²) in [5.41, 5.74) is 2.75. The molecule has 0 spiro atoms. The van der Waals surface area contributed by atoms with E-state index in [4.69, 9.17) is 0 Å². The molecule has 0 unspecified atom stereocenters. The van der Waals surface area contributed by atoms with Crippen molar-refractivity contribution in [1.82, 2.24) is 0 Å². The zero-order chi connectivity index (χ0) is 9.42. The molecule has 70 valence electrons. The van der Waals surface area contributed by atoms with Crippen molar-refractivity contribution in [2.24, 2.45) is 5.92 Å². The van der Waals surface area contributed by atoms with Crippen molar-refractivity contribution in [2.45, 2.75) is 13.8 Å². The molecule has 1 saturated heterocycles. The molecule has 0 aliphatic carbocycles. The Morgan fingerprint density at radius 2 is 2.08 bits per heavy atom. The highest BCUT2D eigenvalue weighted by Crippen LogP contribution is 2.29. The molecule has 1 aliphatic rings. The van der Waals surface area contributed by atoms with Crippen molar-refractivity contribution in [3.05, 3.63) is 28.2 Å². The van der Waals surface area contributed by atoms with Gasteiger partial charge in [-0.2, -0.15) is 0 Å². The molecule has 0 aromatic heterocycles. The lowest BCUT2D eigenvalue weighted by Gasteiger charge is -2.40. The van der Waals surface area contributed by atoms with Crippen LogP contribution in [-0.4, -0.2) is 13.1 Å². The Bertz CT molecular complexity index is 316. The van der Waals surface area contributed by atoms with E-state index in [2.05, 4.69) is 52.9 Å². The number of nitrogens with zero attached hydrogens (tertiary/aromatic N) is 1. The normalized spacial score (nSPS) is 17.3. The fourth-order valence-corrected chi connectivity index (χ4v) is 2.34. The first kappa shape index (κ1) is 9.07. The molecule has 1 heterocycles. The van der Waals surface area contributed by atoms with Crippen molar-refractivity contribution in [3.63, 3.8) is 0 Å². The minimum absolute atomic E-state index is 0.864. The smallest absolute Gasteiger partial charge is 0.0396 e. The number of aryl methyl sites for hydroxylation is 1. The SMILES string of the molecule is Cc1cc(Br)ccc1N1CC(C)C1. The quantitative estimate of drug-likeness (QED) is 0.728. The van der Waals surface area contributed by atoms with E-state index in [9.17, 15) is 0 Å². The average Bonchev–Trinajstić information content (AvgIpc) is 2.00. The molecular formula is C11H14BrN. The van der Waals surface area contributed by atoms with Crippen LogP contribution in [0.1, 0.15) is 12.5 Å². The Hall–Kier alpha value is -0.500. The fourth-order valence-electron chi connectivity index (χ4n) is 1.87. The van der Waals surface area contributed by atoms with Crippen LogP contribution in [0.4, 0.5) is 5.69 Å². The molecule has 0 saturated carbocycles. The predicted octanol–water partition coefficient (Wildman–Crippen LogP) is 3.21. The number of hydrogen-bond donors (Lipinski definition) is 0. The zero-order valence-corrected chi connectivity index (χ0v) is 9.63. The van der Waals surface area contributed by atoms with E-state index >= 15 is 0 Å². The van der Waals surface area contributed by atoms with E-state index in [1.54, 1.807) is 0 Å². The second-order valence-electron chi connectivity index (χ2n) is 3.94. The molecule has 1 fully saturated rings. The predicted molar refractivity (Wildman–Crippen MR) is 60.3 cm³/mol. The number of hydrogen-bond acceptors (Lipinski definition) is 1. The lowest BCUT2D eigenvalue weighted by molar-refractivity contribution is 0.446. The van der Waals surface area contributed by atoms with E-state index in [-0.39, 0.29) is 0 Å². The van der Waals surface area contributed by atoms with Crippen LogP contribution in [0.25, 0.3) is 0 Å². The highest BCUT2D eigenvalue weighted by molar-refractivity contribution is 9.10. The lowest BCUT2D eigenvalue weighted by atomic mass is 10.0. The van der Waals surface area contributed by atoms with Crippen LogP contribution >= 0.6 is 15.9 Å². The minimum atomic E-state index is 0.864. The van der Waals surface area contributed by atoms with Crippen LogP contribution in [0, 0.1) is 12.8 Å². The van der Waals surface area contributed by atoms with Crippen molar-refractivity contribution in [1.29, 1.82) is 0 Å². The van der Waals surface area contributed by atoms with Gasteiger partial charge in [0.15, 0.2) is 0 Å². The third-order valence-electron chi connectivity index (χ3n) is 2.56. The fraction of sp³-hybridized carbons (Fsp3) is 0.455. The van der Waals surface area contributed by atoms with E-state index < -0.39 is 0 Å². The molecular weight excluding hydrogens is 226 g/mol. The highest BCUT2D eigenvalue weighted by Gasteiger charge is 2.23. The van der Waals surface area contributed by atoms with Crippen LogP contribution in [0.2, 0.25) is 0 Å². The van der Waals surface area contributed by atoms with Gasteiger partial charge < -0.3 is 4.90 Å². The summed E-state index contributed by atoms with van der Waals surface area (Å²) in [5, 5.41) is 0. The Balaban J connectivity index is 2.21. The number of halogens is 1. The Morgan fingerprint density at radius 3 is 2.62 bits per heavy atom. The Morgan fingerprint density at radius 1 is 1.38 bits per heavy atom. The van der Waals surface area contributed by atoms with Gasteiger partial charge in [0.2, 0.25) is 0 Å². The van der Waals surface area contributed by atoms with Gasteiger partial charge in [-0.15, -0.1) is 0 Å². The Labute approximate surface area is 87.9 Å². The largest absolute Gasteiger partial charge is 0.371 e. The van der Waals surface area contributed by atoms with Gasteiger partial charge in [-0.05, 0) is 36.6 Å². The molecule has 0 bridgehead atoms. The van der Waals surface area contributed by atoms with Crippen LogP contribution < -0.4 is 4.90 Å². The first-order valence-electron chi connectivity index (χ1n) is 4.68. The maximum absolute atomic E-state index is 3.48. The van der Waals surface area contributed by atoms with Gasteiger partial charge in [-0.25, -0.2) is 0 Å². The van der Waals surface area contributed by atoms with Crippen LogP contribution in [0.15, 0.2) is 22.7 Å². The van der Waals surface area contributed by atoms with Gasteiger partial charge in [-0.3, -0.25) is 0 Å². The highest BCUT2D eigenvalue weighted by atomic mass is 79.9. The molecule has 0 amide bonds. The molecule has 13 heavy (non-hydrogen) atoms. The van der Waals surface area contributed by atoms with Gasteiger partial charge in [0.1, 0.15) is 0 Å². The second kappa shape index (κ2) is 3.33. The van der Waals surface area contributed by atoms with Crippen LogP contribution in [0.5, 0.6) is 0 Å². The zero-order valence-electron chi connectivity index (χ0n) is 8.05. The van der Waals surface area contributed by atoms with Crippen LogP contribution in [0.3, 0.4) is 0 Å². The topological polar surface area (TPSA) is 3.24 Å². The van der Waals surface area contributed by atoms with Gasteiger partial charge in [-0.1, -0.05) is 22.9 Å². The summed E-state index contributed by atoms with van der Waals surface area (Å²) in [6.07, 6.45) is 0. The van der Waals surface area contributed by atoms with Gasteiger partial charge in [0.05, 0.1) is 0 Å². The van der Waals surface area contributed by atoms with Crippen LogP contribution in [-0.2, 0) is 0 Å². The van der Waals surface area contributed by atoms with Crippen molar-refractivity contribution < 1.29 is 0 Å². The van der Waals surface area contributed by atoms with Gasteiger partial charge in [0.25, 0.3) is 0 Å². The molecule has 2 heteroatoms. The maximum atomic E-state index is 3.48. The first-order chi connectivity index (χ1) is 6.16. The summed E-state index contributed by atoms with van der Waals surface area (Å²) in [4.78, 5) is 2.44. The molecule has 1 aliphatic heterocycles. The van der Waals surface area contributed by atoms with Crippen molar-refractivity contribution >= 4 is 21.6 Å². The maximum Gasteiger partial charge on any atom is 0.0396 e. The molecule has 1 nitrogen and oxygen atoms in total. The third-order valence-corrected chi connectivity index (χ3v) is 3.06. The van der Waals surface area contributed by atoms with E-state index in [0.29, 0.717) is 0 Å². The molecule has 2 rings (SSSR count). The minimum Gasteiger partial charge on any atom is -0.371 e. The monoisotopic (exact) mass is 239 g/mol. The summed E-state index contributed by atoms with van der Waals surface area (Å²) < 4.78 is 1.17. The number of benzene rings is 1. The summed E-state index contributed by atoms with van der Waals surface area (Å²) in [6.45, 7) is 6.89. The van der Waals surface area contributed by atoms with E-state index in [0.717, 1.165) is 5.92 Å². The molecule has 1 aromatic carbocycles. The van der Waals surface area contributed by atoms with E-state index in [1.807, 2.05) is 0 Å². The van der Waals surface area contributed by atoms with Gasteiger partial charge >= 0.3 is 0 Å². The van der Waals surface area contributed by atoms with Crippen molar-refractivity contribution in [3.8, 4) is 0 Å².